The van der Waals surface area contributed by atoms with Gasteiger partial charge < -0.3 is 5.32 Å². The summed E-state index contributed by atoms with van der Waals surface area (Å²) in [7, 11) is 0. The maximum absolute atomic E-state index is 13.6. The average molecular weight is 278 g/mol. The number of carbonyl (C=O) groups excluding carboxylic acids is 1. The van der Waals surface area contributed by atoms with Crippen LogP contribution in [0, 0.1) is 12.7 Å². The van der Waals surface area contributed by atoms with Gasteiger partial charge in [0.25, 0.3) is 5.91 Å². The second-order valence-corrected chi connectivity index (χ2v) is 4.54. The van der Waals surface area contributed by atoms with Crippen LogP contribution in [0.3, 0.4) is 0 Å². The van der Waals surface area contributed by atoms with Gasteiger partial charge >= 0.3 is 0 Å². The van der Waals surface area contributed by atoms with Gasteiger partial charge in [0.2, 0.25) is 0 Å². The van der Waals surface area contributed by atoms with E-state index in [0.29, 0.717) is 11.4 Å². The van der Waals surface area contributed by atoms with E-state index in [-0.39, 0.29) is 11.6 Å². The number of nitrogens with one attached hydrogen (secondary N) is 1. The van der Waals surface area contributed by atoms with E-state index in [4.69, 9.17) is 11.6 Å². The fraction of sp³-hybridized carbons (Fsp3) is 0.133. The Labute approximate surface area is 116 Å². The summed E-state index contributed by atoms with van der Waals surface area (Å²) in [6, 6.07) is 11.6. The first-order valence-electron chi connectivity index (χ1n) is 5.82. The van der Waals surface area contributed by atoms with Crippen molar-refractivity contribution in [2.75, 3.05) is 5.32 Å². The van der Waals surface area contributed by atoms with Gasteiger partial charge in [0.05, 0.1) is 5.69 Å². The Morgan fingerprint density at radius 2 is 2.05 bits per heavy atom. The van der Waals surface area contributed by atoms with Crippen molar-refractivity contribution in [1.29, 1.82) is 0 Å². The summed E-state index contributed by atoms with van der Waals surface area (Å²) in [6.07, 6.45) is 0. The van der Waals surface area contributed by atoms with E-state index in [0.717, 1.165) is 11.1 Å². The number of hydrogen-bond donors (Lipinski definition) is 1. The number of rotatable bonds is 3. The zero-order chi connectivity index (χ0) is 13.8. The molecule has 2 nitrogen and oxygen atoms in total. The van der Waals surface area contributed by atoms with Gasteiger partial charge in [-0.25, -0.2) is 4.39 Å². The Morgan fingerprint density at radius 3 is 2.74 bits per heavy atom. The summed E-state index contributed by atoms with van der Waals surface area (Å²) >= 11 is 5.71. The van der Waals surface area contributed by atoms with Gasteiger partial charge in [0, 0.05) is 11.4 Å². The lowest BCUT2D eigenvalue weighted by atomic mass is 10.1. The largest absolute Gasteiger partial charge is 0.319 e. The molecule has 0 aliphatic rings. The van der Waals surface area contributed by atoms with Gasteiger partial charge in [-0.3, -0.25) is 4.79 Å². The van der Waals surface area contributed by atoms with E-state index >= 15 is 0 Å². The molecule has 0 aliphatic heterocycles. The molecule has 0 spiro atoms. The number of benzene rings is 2. The monoisotopic (exact) mass is 277 g/mol. The van der Waals surface area contributed by atoms with Crippen molar-refractivity contribution in [3.05, 3.63) is 65.0 Å². The van der Waals surface area contributed by atoms with Gasteiger partial charge in [0.15, 0.2) is 0 Å². The predicted molar refractivity (Wildman–Crippen MR) is 75.1 cm³/mol. The van der Waals surface area contributed by atoms with Crippen molar-refractivity contribution in [3.63, 3.8) is 0 Å². The van der Waals surface area contributed by atoms with Gasteiger partial charge in [0.1, 0.15) is 5.82 Å². The molecular formula is C15H13ClFNO. The zero-order valence-electron chi connectivity index (χ0n) is 10.4. The molecule has 0 fully saturated rings. The molecule has 19 heavy (non-hydrogen) atoms. The van der Waals surface area contributed by atoms with Gasteiger partial charge in [-0.1, -0.05) is 18.2 Å². The molecule has 0 unspecified atom stereocenters. The second kappa shape index (κ2) is 5.85. The molecule has 0 radical (unpaired) electrons. The molecule has 0 atom stereocenters. The van der Waals surface area contributed by atoms with E-state index in [2.05, 4.69) is 5.32 Å². The van der Waals surface area contributed by atoms with Gasteiger partial charge in [-0.15, -0.1) is 11.6 Å². The molecular weight excluding hydrogens is 265 g/mol. The fourth-order valence-electron chi connectivity index (χ4n) is 1.71. The van der Waals surface area contributed by atoms with Gasteiger partial charge in [-0.05, 0) is 42.3 Å². The lowest BCUT2D eigenvalue weighted by Crippen LogP contribution is -2.13. The maximum Gasteiger partial charge on any atom is 0.255 e. The third-order valence-electron chi connectivity index (χ3n) is 2.72. The zero-order valence-corrected chi connectivity index (χ0v) is 11.2. The Morgan fingerprint density at radius 1 is 1.26 bits per heavy atom. The van der Waals surface area contributed by atoms with Crippen molar-refractivity contribution >= 4 is 23.2 Å². The first kappa shape index (κ1) is 13.6. The van der Waals surface area contributed by atoms with Crippen LogP contribution < -0.4 is 5.32 Å². The third-order valence-corrected chi connectivity index (χ3v) is 3.02. The quantitative estimate of drug-likeness (QED) is 0.840. The van der Waals surface area contributed by atoms with Crippen molar-refractivity contribution in [2.24, 2.45) is 0 Å². The maximum atomic E-state index is 13.6. The average Bonchev–Trinajstić information content (AvgIpc) is 2.42. The molecule has 1 amide bonds. The fourth-order valence-corrected chi connectivity index (χ4v) is 1.88. The highest BCUT2D eigenvalue weighted by Gasteiger charge is 2.09. The smallest absolute Gasteiger partial charge is 0.255 e. The number of hydrogen-bond acceptors (Lipinski definition) is 1. The highest BCUT2D eigenvalue weighted by molar-refractivity contribution is 6.17. The Hall–Kier alpha value is -1.87. The van der Waals surface area contributed by atoms with Crippen LogP contribution in [0.5, 0.6) is 0 Å². The van der Waals surface area contributed by atoms with Crippen LogP contribution in [0.25, 0.3) is 0 Å². The number of carbonyl (C=O) groups is 1. The number of anilines is 1. The molecule has 0 bridgehead atoms. The SMILES string of the molecule is Cc1ccc(NC(=O)c2cccc(CCl)c2)c(F)c1. The lowest BCUT2D eigenvalue weighted by molar-refractivity contribution is 0.102. The highest BCUT2D eigenvalue weighted by Crippen LogP contribution is 2.17. The molecule has 98 valence electrons. The van der Waals surface area contributed by atoms with E-state index < -0.39 is 5.82 Å². The highest BCUT2D eigenvalue weighted by atomic mass is 35.5. The topological polar surface area (TPSA) is 29.1 Å². The first-order chi connectivity index (χ1) is 9.10. The van der Waals surface area contributed by atoms with Crippen LogP contribution >= 0.6 is 11.6 Å². The molecule has 0 heterocycles. The van der Waals surface area contributed by atoms with Crippen LogP contribution in [0.4, 0.5) is 10.1 Å². The molecule has 0 saturated heterocycles. The lowest BCUT2D eigenvalue weighted by Gasteiger charge is -2.07. The predicted octanol–water partition coefficient (Wildman–Crippen LogP) is 4.13. The van der Waals surface area contributed by atoms with Crippen molar-refractivity contribution in [3.8, 4) is 0 Å². The summed E-state index contributed by atoms with van der Waals surface area (Å²) in [5, 5.41) is 2.55. The first-order valence-corrected chi connectivity index (χ1v) is 6.36. The number of aryl methyl sites for hydroxylation is 1. The second-order valence-electron chi connectivity index (χ2n) is 4.27. The van der Waals surface area contributed by atoms with E-state index in [1.807, 2.05) is 6.07 Å². The summed E-state index contributed by atoms with van der Waals surface area (Å²) in [5.41, 5.74) is 2.28. The van der Waals surface area contributed by atoms with E-state index in [9.17, 15) is 9.18 Å². The van der Waals surface area contributed by atoms with Crippen molar-refractivity contribution in [2.45, 2.75) is 12.8 Å². The van der Waals surface area contributed by atoms with Crippen molar-refractivity contribution < 1.29 is 9.18 Å². The van der Waals surface area contributed by atoms with Crippen molar-refractivity contribution in [1.82, 2.24) is 0 Å². The Bertz CT molecular complexity index is 613. The van der Waals surface area contributed by atoms with Gasteiger partial charge in [-0.2, -0.15) is 0 Å². The summed E-state index contributed by atoms with van der Waals surface area (Å²) < 4.78 is 13.6. The molecule has 1 N–H and O–H groups in total. The Balaban J connectivity index is 2.20. The Kier molecular flexibility index (Phi) is 4.17. The number of halogens is 2. The van der Waals surface area contributed by atoms with E-state index in [1.54, 1.807) is 37.3 Å². The molecule has 2 aromatic carbocycles. The minimum absolute atomic E-state index is 0.173. The van der Waals surface area contributed by atoms with E-state index in [1.165, 1.54) is 6.07 Å². The molecule has 4 heteroatoms. The molecule has 0 aromatic heterocycles. The number of amides is 1. The van der Waals surface area contributed by atoms with Crippen LogP contribution in [0.15, 0.2) is 42.5 Å². The third kappa shape index (κ3) is 3.32. The minimum Gasteiger partial charge on any atom is -0.319 e. The van der Waals surface area contributed by atoms with Crippen LogP contribution in [0.1, 0.15) is 21.5 Å². The normalized spacial score (nSPS) is 10.3. The standard InChI is InChI=1S/C15H13ClFNO/c1-10-5-6-14(13(17)7-10)18-15(19)12-4-2-3-11(8-12)9-16/h2-8H,9H2,1H3,(H,18,19). The molecule has 0 aliphatic carbocycles. The van der Waals surface area contributed by atoms with Crippen LogP contribution in [0.2, 0.25) is 0 Å². The molecule has 2 aromatic rings. The van der Waals surface area contributed by atoms with Crippen LogP contribution in [-0.2, 0) is 5.88 Å². The molecule has 2 rings (SSSR count). The van der Waals surface area contributed by atoms with Crippen LogP contribution in [-0.4, -0.2) is 5.91 Å². The molecule has 0 saturated carbocycles. The summed E-state index contributed by atoms with van der Waals surface area (Å²) in [5.74, 6) is -0.461. The number of alkyl halides is 1. The summed E-state index contributed by atoms with van der Waals surface area (Å²) in [6.45, 7) is 1.79. The minimum atomic E-state index is -0.443. The summed E-state index contributed by atoms with van der Waals surface area (Å²) in [4.78, 5) is 12.0.